The van der Waals surface area contributed by atoms with E-state index in [1.807, 2.05) is 13.1 Å². The van der Waals surface area contributed by atoms with E-state index >= 15 is 0 Å². The van der Waals surface area contributed by atoms with Gasteiger partial charge in [-0.3, -0.25) is 4.90 Å². The molecule has 2 rings (SSSR count). The fraction of sp³-hybridized carbons (Fsp3) is 0.714. The average molecular weight is 236 g/mol. The first-order valence-electron chi connectivity index (χ1n) is 6.65. The largest absolute Gasteiger partial charge is 0.468 e. The van der Waals surface area contributed by atoms with Crippen LogP contribution in [0, 0.1) is 5.92 Å². The summed E-state index contributed by atoms with van der Waals surface area (Å²) in [6, 6.07) is 5.41. The zero-order valence-corrected chi connectivity index (χ0v) is 11.1. The molecule has 96 valence electrons. The number of rotatable bonds is 7. The van der Waals surface area contributed by atoms with E-state index in [4.69, 9.17) is 4.42 Å². The Kier molecular flexibility index (Phi) is 4.24. The van der Waals surface area contributed by atoms with Crippen LogP contribution < -0.4 is 5.32 Å². The molecule has 0 bridgehead atoms. The normalized spacial score (nSPS) is 17.9. The van der Waals surface area contributed by atoms with Gasteiger partial charge in [-0.15, -0.1) is 0 Å². The van der Waals surface area contributed by atoms with Gasteiger partial charge >= 0.3 is 0 Å². The Hall–Kier alpha value is -0.800. The molecule has 1 aromatic rings. The summed E-state index contributed by atoms with van der Waals surface area (Å²) in [5, 5.41) is 3.32. The summed E-state index contributed by atoms with van der Waals surface area (Å²) in [4.78, 5) is 2.61. The summed E-state index contributed by atoms with van der Waals surface area (Å²) in [6.45, 7) is 6.61. The van der Waals surface area contributed by atoms with Gasteiger partial charge in [-0.1, -0.05) is 13.8 Å². The number of hydrogen-bond acceptors (Lipinski definition) is 3. The number of likely N-dealkylation sites (N-methyl/N-ethyl adjacent to an activating group) is 1. The molecular formula is C14H24N2O. The van der Waals surface area contributed by atoms with Crippen molar-refractivity contribution in [2.75, 3.05) is 13.6 Å². The van der Waals surface area contributed by atoms with Gasteiger partial charge in [0, 0.05) is 18.6 Å². The quantitative estimate of drug-likeness (QED) is 0.788. The summed E-state index contributed by atoms with van der Waals surface area (Å²) in [5.74, 6) is 1.75. The molecular weight excluding hydrogens is 212 g/mol. The maximum absolute atomic E-state index is 5.49. The molecule has 1 aliphatic rings. The fourth-order valence-electron chi connectivity index (χ4n) is 2.45. The number of hydrogen-bond donors (Lipinski definition) is 1. The molecule has 1 heterocycles. The van der Waals surface area contributed by atoms with E-state index in [1.165, 1.54) is 12.8 Å². The van der Waals surface area contributed by atoms with Gasteiger partial charge in [0.2, 0.25) is 0 Å². The molecule has 1 N–H and O–H groups in total. The van der Waals surface area contributed by atoms with Gasteiger partial charge in [-0.2, -0.15) is 0 Å². The lowest BCUT2D eigenvalue weighted by molar-refractivity contribution is 0.126. The van der Waals surface area contributed by atoms with Crippen molar-refractivity contribution in [3.8, 4) is 0 Å². The third-order valence-electron chi connectivity index (χ3n) is 3.54. The summed E-state index contributed by atoms with van der Waals surface area (Å²) < 4.78 is 5.49. The molecule has 1 aromatic heterocycles. The predicted octanol–water partition coefficient (Wildman–Crippen LogP) is 2.49. The summed E-state index contributed by atoms with van der Waals surface area (Å²) >= 11 is 0. The van der Waals surface area contributed by atoms with Crippen LogP contribution in [0.4, 0.5) is 0 Å². The second kappa shape index (κ2) is 5.69. The zero-order chi connectivity index (χ0) is 12.3. The first-order valence-corrected chi connectivity index (χ1v) is 6.65. The van der Waals surface area contributed by atoms with Gasteiger partial charge in [-0.25, -0.2) is 0 Å². The van der Waals surface area contributed by atoms with Crippen molar-refractivity contribution in [1.29, 1.82) is 0 Å². The van der Waals surface area contributed by atoms with E-state index < -0.39 is 0 Å². The third-order valence-corrected chi connectivity index (χ3v) is 3.54. The summed E-state index contributed by atoms with van der Waals surface area (Å²) in [7, 11) is 2.04. The highest BCUT2D eigenvalue weighted by molar-refractivity contribution is 5.01. The maximum atomic E-state index is 5.49. The molecule has 0 radical (unpaired) electrons. The first kappa shape index (κ1) is 12.7. The Morgan fingerprint density at radius 3 is 2.71 bits per heavy atom. The number of nitrogens with one attached hydrogen (secondary N) is 1. The zero-order valence-electron chi connectivity index (χ0n) is 11.1. The minimum absolute atomic E-state index is 0.595. The lowest BCUT2D eigenvalue weighted by Crippen LogP contribution is -2.45. The Morgan fingerprint density at radius 2 is 2.24 bits per heavy atom. The molecule has 0 aromatic carbocycles. The molecule has 3 nitrogen and oxygen atoms in total. The second-order valence-electron chi connectivity index (χ2n) is 5.35. The fourth-order valence-corrected chi connectivity index (χ4v) is 2.45. The molecule has 0 aliphatic heterocycles. The monoisotopic (exact) mass is 236 g/mol. The third kappa shape index (κ3) is 3.33. The lowest BCUT2D eigenvalue weighted by Gasteiger charge is -2.34. The highest BCUT2D eigenvalue weighted by Gasteiger charge is 2.35. The molecule has 0 amide bonds. The van der Waals surface area contributed by atoms with Crippen LogP contribution in [0.1, 0.15) is 32.4 Å². The molecule has 0 saturated heterocycles. The molecule has 1 aliphatic carbocycles. The van der Waals surface area contributed by atoms with Crippen LogP contribution in [0.2, 0.25) is 0 Å². The standard InChI is InChI=1S/C14H24N2O/c1-11(2)14(9-15-3)16(12-6-7-12)10-13-5-4-8-17-13/h4-5,8,11-12,14-15H,6-7,9-10H2,1-3H3. The highest BCUT2D eigenvalue weighted by atomic mass is 16.3. The van der Waals surface area contributed by atoms with Crippen LogP contribution >= 0.6 is 0 Å². The van der Waals surface area contributed by atoms with Crippen molar-refractivity contribution in [2.24, 2.45) is 5.92 Å². The molecule has 1 unspecified atom stereocenters. The van der Waals surface area contributed by atoms with Crippen LogP contribution in [0.25, 0.3) is 0 Å². The van der Waals surface area contributed by atoms with E-state index in [-0.39, 0.29) is 0 Å². The smallest absolute Gasteiger partial charge is 0.117 e. The van der Waals surface area contributed by atoms with E-state index in [0.717, 1.165) is 24.9 Å². The van der Waals surface area contributed by atoms with Crippen LogP contribution in [-0.4, -0.2) is 30.6 Å². The van der Waals surface area contributed by atoms with Crippen molar-refractivity contribution in [2.45, 2.75) is 45.3 Å². The van der Waals surface area contributed by atoms with Crippen LogP contribution in [0.15, 0.2) is 22.8 Å². The molecule has 1 atom stereocenters. The van der Waals surface area contributed by atoms with Crippen LogP contribution in [0.3, 0.4) is 0 Å². The van der Waals surface area contributed by atoms with Gasteiger partial charge in [0.1, 0.15) is 5.76 Å². The van der Waals surface area contributed by atoms with E-state index in [9.17, 15) is 0 Å². The Bertz CT molecular complexity index is 317. The van der Waals surface area contributed by atoms with Crippen molar-refractivity contribution in [3.05, 3.63) is 24.2 Å². The average Bonchev–Trinajstić information content (AvgIpc) is 3.01. The van der Waals surface area contributed by atoms with Crippen LogP contribution in [-0.2, 0) is 6.54 Å². The van der Waals surface area contributed by atoms with E-state index in [0.29, 0.717) is 12.0 Å². The topological polar surface area (TPSA) is 28.4 Å². The van der Waals surface area contributed by atoms with Gasteiger partial charge in [0.05, 0.1) is 12.8 Å². The van der Waals surface area contributed by atoms with Crippen LogP contribution in [0.5, 0.6) is 0 Å². The molecule has 0 spiro atoms. The number of nitrogens with zero attached hydrogens (tertiary/aromatic N) is 1. The van der Waals surface area contributed by atoms with Gasteiger partial charge < -0.3 is 9.73 Å². The Morgan fingerprint density at radius 1 is 1.47 bits per heavy atom. The van der Waals surface area contributed by atoms with Crippen molar-refractivity contribution in [3.63, 3.8) is 0 Å². The van der Waals surface area contributed by atoms with Gasteiger partial charge in [0.25, 0.3) is 0 Å². The minimum atomic E-state index is 0.595. The molecule has 1 fully saturated rings. The SMILES string of the molecule is CNCC(C(C)C)N(Cc1ccco1)C1CC1. The summed E-state index contributed by atoms with van der Waals surface area (Å²) in [5.41, 5.74) is 0. The molecule has 17 heavy (non-hydrogen) atoms. The molecule has 1 saturated carbocycles. The maximum Gasteiger partial charge on any atom is 0.117 e. The van der Waals surface area contributed by atoms with Gasteiger partial charge in [-0.05, 0) is 37.9 Å². The second-order valence-corrected chi connectivity index (χ2v) is 5.35. The number of furan rings is 1. The Labute approximate surface area is 104 Å². The van der Waals surface area contributed by atoms with Crippen molar-refractivity contribution in [1.82, 2.24) is 10.2 Å². The lowest BCUT2D eigenvalue weighted by atomic mass is 10.0. The molecule has 3 heteroatoms. The van der Waals surface area contributed by atoms with E-state index in [1.54, 1.807) is 6.26 Å². The summed E-state index contributed by atoms with van der Waals surface area (Å²) in [6.07, 6.45) is 4.45. The van der Waals surface area contributed by atoms with E-state index in [2.05, 4.69) is 30.1 Å². The minimum Gasteiger partial charge on any atom is -0.468 e. The van der Waals surface area contributed by atoms with Crippen molar-refractivity contribution < 1.29 is 4.42 Å². The predicted molar refractivity (Wildman–Crippen MR) is 69.8 cm³/mol. The first-order chi connectivity index (χ1) is 8.22. The van der Waals surface area contributed by atoms with Crippen molar-refractivity contribution >= 4 is 0 Å². The Balaban J connectivity index is 2.04. The van der Waals surface area contributed by atoms with Gasteiger partial charge in [0.15, 0.2) is 0 Å². The highest BCUT2D eigenvalue weighted by Crippen LogP contribution is 2.32.